The summed E-state index contributed by atoms with van der Waals surface area (Å²) in [5.41, 5.74) is 1.05. The average molecular weight is 308 g/mol. The number of aromatic nitrogens is 2. The maximum absolute atomic E-state index is 12.1. The van der Waals surface area contributed by atoms with E-state index in [1.165, 1.54) is 17.1 Å². The van der Waals surface area contributed by atoms with Gasteiger partial charge in [0.2, 0.25) is 10.0 Å². The number of sulfonamides is 1. The van der Waals surface area contributed by atoms with Crippen LogP contribution in [-0.2, 0) is 17.1 Å². The number of hydrogen-bond donors (Lipinski definition) is 1. The molecule has 6 nitrogen and oxygen atoms in total. The van der Waals surface area contributed by atoms with Gasteiger partial charge in [-0.1, -0.05) is 18.2 Å². The fraction of sp³-hybridized carbons (Fsp3) is 0.357. The van der Waals surface area contributed by atoms with Crippen LogP contribution in [0.3, 0.4) is 0 Å². The van der Waals surface area contributed by atoms with Gasteiger partial charge in [0.15, 0.2) is 0 Å². The van der Waals surface area contributed by atoms with Crippen LogP contribution in [0, 0.1) is 0 Å². The van der Waals surface area contributed by atoms with Crippen LogP contribution in [0.5, 0.6) is 0 Å². The molecule has 2 rings (SSSR count). The zero-order valence-electron chi connectivity index (χ0n) is 12.4. The molecule has 1 N–H and O–H groups in total. The molecule has 7 heteroatoms. The van der Waals surface area contributed by atoms with Gasteiger partial charge in [0.25, 0.3) is 0 Å². The lowest BCUT2D eigenvalue weighted by Crippen LogP contribution is -2.40. The summed E-state index contributed by atoms with van der Waals surface area (Å²) in [4.78, 5) is 2.21. The number of anilines is 1. The second-order valence-corrected chi connectivity index (χ2v) is 6.76. The molecule has 114 valence electrons. The van der Waals surface area contributed by atoms with Crippen molar-refractivity contribution in [3.8, 4) is 0 Å². The molecule has 0 amide bonds. The van der Waals surface area contributed by atoms with E-state index >= 15 is 0 Å². The van der Waals surface area contributed by atoms with Crippen molar-refractivity contribution in [3.63, 3.8) is 0 Å². The Morgan fingerprint density at radius 3 is 2.57 bits per heavy atom. The Balaban J connectivity index is 1.99. The number of hydrogen-bond acceptors (Lipinski definition) is 4. The number of aryl methyl sites for hydroxylation is 1. The molecule has 21 heavy (non-hydrogen) atoms. The molecule has 2 aromatic rings. The van der Waals surface area contributed by atoms with Crippen molar-refractivity contribution in [2.75, 3.05) is 18.5 Å². The summed E-state index contributed by atoms with van der Waals surface area (Å²) >= 11 is 0. The Morgan fingerprint density at radius 1 is 1.33 bits per heavy atom. The van der Waals surface area contributed by atoms with Gasteiger partial charge in [0, 0.05) is 38.6 Å². The normalized spacial score (nSPS) is 13.1. The molecule has 1 atom stereocenters. The maximum Gasteiger partial charge on any atom is 0.243 e. The zero-order chi connectivity index (χ0) is 15.5. The molecule has 1 aromatic heterocycles. The van der Waals surface area contributed by atoms with E-state index in [0.29, 0.717) is 6.54 Å². The molecular formula is C14H20N4O2S. The lowest BCUT2D eigenvalue weighted by Gasteiger charge is -2.27. The molecule has 0 radical (unpaired) electrons. The van der Waals surface area contributed by atoms with Crippen LogP contribution in [0.2, 0.25) is 0 Å². The van der Waals surface area contributed by atoms with Crippen molar-refractivity contribution < 1.29 is 8.42 Å². The molecule has 0 spiro atoms. The standard InChI is InChI=1S/C14H20N4O2S/c1-12(18(3)13-7-5-4-6-8-13)9-16-21(19,20)14-10-15-17(2)11-14/h4-8,10-12,16H,9H2,1-3H3/t12-/m0/s1. The highest BCUT2D eigenvalue weighted by Crippen LogP contribution is 2.14. The molecule has 0 bridgehead atoms. The summed E-state index contributed by atoms with van der Waals surface area (Å²) < 4.78 is 28.3. The van der Waals surface area contributed by atoms with E-state index < -0.39 is 10.0 Å². The molecule has 0 aliphatic rings. The lowest BCUT2D eigenvalue weighted by molar-refractivity contribution is 0.570. The second-order valence-electron chi connectivity index (χ2n) is 5.00. The van der Waals surface area contributed by atoms with E-state index in [2.05, 4.69) is 9.82 Å². The minimum atomic E-state index is -3.51. The van der Waals surface area contributed by atoms with E-state index in [0.717, 1.165) is 5.69 Å². The topological polar surface area (TPSA) is 67.2 Å². The summed E-state index contributed by atoms with van der Waals surface area (Å²) in [7, 11) is 0.118. The molecule has 0 aliphatic heterocycles. The van der Waals surface area contributed by atoms with Gasteiger partial charge >= 0.3 is 0 Å². The predicted molar refractivity (Wildman–Crippen MR) is 82.7 cm³/mol. The molecule has 0 saturated carbocycles. The molecule has 1 aromatic carbocycles. The van der Waals surface area contributed by atoms with E-state index in [4.69, 9.17) is 0 Å². The quantitative estimate of drug-likeness (QED) is 0.871. The number of nitrogens with one attached hydrogen (secondary N) is 1. The van der Waals surface area contributed by atoms with Crippen molar-refractivity contribution in [3.05, 3.63) is 42.7 Å². The number of rotatable bonds is 6. The fourth-order valence-electron chi connectivity index (χ4n) is 1.91. The highest BCUT2D eigenvalue weighted by atomic mass is 32.2. The molecular weight excluding hydrogens is 288 g/mol. The highest BCUT2D eigenvalue weighted by Gasteiger charge is 2.18. The summed E-state index contributed by atoms with van der Waals surface area (Å²) in [5, 5.41) is 3.88. The first-order chi connectivity index (χ1) is 9.90. The Labute approximate surface area is 125 Å². The fourth-order valence-corrected chi connectivity index (χ4v) is 3.01. The third-order valence-electron chi connectivity index (χ3n) is 3.38. The second kappa shape index (κ2) is 6.28. The van der Waals surface area contributed by atoms with Crippen LogP contribution in [0.1, 0.15) is 6.92 Å². The summed E-state index contributed by atoms with van der Waals surface area (Å²) in [5.74, 6) is 0. The number of benzene rings is 1. The van der Waals surface area contributed by atoms with Gasteiger partial charge in [-0.25, -0.2) is 13.1 Å². The first kappa shape index (κ1) is 15.5. The smallest absolute Gasteiger partial charge is 0.243 e. The molecule has 0 aliphatic carbocycles. The van der Waals surface area contributed by atoms with Crippen molar-refractivity contribution in [1.82, 2.24) is 14.5 Å². The summed E-state index contributed by atoms with van der Waals surface area (Å²) in [6.45, 7) is 2.29. The van der Waals surface area contributed by atoms with E-state index in [-0.39, 0.29) is 10.9 Å². The molecule has 1 heterocycles. The van der Waals surface area contributed by atoms with Crippen LogP contribution < -0.4 is 9.62 Å². The highest BCUT2D eigenvalue weighted by molar-refractivity contribution is 7.89. The largest absolute Gasteiger partial charge is 0.371 e. The Bertz CT molecular complexity index is 682. The molecule has 0 unspecified atom stereocenters. The first-order valence-corrected chi connectivity index (χ1v) is 8.14. The van der Waals surface area contributed by atoms with Crippen molar-refractivity contribution in [2.24, 2.45) is 7.05 Å². The number of para-hydroxylation sites is 1. The van der Waals surface area contributed by atoms with Crippen LogP contribution in [0.25, 0.3) is 0 Å². The van der Waals surface area contributed by atoms with E-state index in [1.807, 2.05) is 49.2 Å². The minimum Gasteiger partial charge on any atom is -0.371 e. The summed E-state index contributed by atoms with van der Waals surface area (Å²) in [6.07, 6.45) is 2.82. The van der Waals surface area contributed by atoms with Gasteiger partial charge in [0.1, 0.15) is 4.90 Å². The third-order valence-corrected chi connectivity index (χ3v) is 4.76. The van der Waals surface area contributed by atoms with Gasteiger partial charge < -0.3 is 4.90 Å². The lowest BCUT2D eigenvalue weighted by atomic mass is 10.2. The van der Waals surface area contributed by atoms with Gasteiger partial charge in [0.05, 0.1) is 6.20 Å². The predicted octanol–water partition coefficient (Wildman–Crippen LogP) is 1.22. The number of nitrogens with zero attached hydrogens (tertiary/aromatic N) is 3. The maximum atomic E-state index is 12.1. The van der Waals surface area contributed by atoms with E-state index in [9.17, 15) is 8.42 Å². The monoisotopic (exact) mass is 308 g/mol. The average Bonchev–Trinajstić information content (AvgIpc) is 2.92. The van der Waals surface area contributed by atoms with Crippen LogP contribution in [0.4, 0.5) is 5.69 Å². The minimum absolute atomic E-state index is 0.0267. The van der Waals surface area contributed by atoms with Gasteiger partial charge in [-0.05, 0) is 19.1 Å². The van der Waals surface area contributed by atoms with Crippen LogP contribution in [0.15, 0.2) is 47.6 Å². The van der Waals surface area contributed by atoms with Crippen LogP contribution >= 0.6 is 0 Å². The third kappa shape index (κ3) is 3.83. The number of likely N-dealkylation sites (N-methyl/N-ethyl adjacent to an activating group) is 1. The molecule has 0 saturated heterocycles. The SMILES string of the molecule is C[C@@H](CNS(=O)(=O)c1cnn(C)c1)N(C)c1ccccc1. The molecule has 0 fully saturated rings. The van der Waals surface area contributed by atoms with Crippen LogP contribution in [-0.4, -0.2) is 37.8 Å². The van der Waals surface area contributed by atoms with Gasteiger partial charge in [-0.2, -0.15) is 5.10 Å². The zero-order valence-corrected chi connectivity index (χ0v) is 13.2. The van der Waals surface area contributed by atoms with E-state index in [1.54, 1.807) is 7.05 Å². The van der Waals surface area contributed by atoms with Gasteiger partial charge in [-0.15, -0.1) is 0 Å². The first-order valence-electron chi connectivity index (χ1n) is 6.66. The Kier molecular flexibility index (Phi) is 4.64. The van der Waals surface area contributed by atoms with Crippen molar-refractivity contribution in [1.29, 1.82) is 0 Å². The Morgan fingerprint density at radius 2 is 2.00 bits per heavy atom. The summed E-state index contributed by atoms with van der Waals surface area (Å²) in [6, 6.07) is 9.88. The van der Waals surface area contributed by atoms with Crippen molar-refractivity contribution >= 4 is 15.7 Å². The van der Waals surface area contributed by atoms with Crippen molar-refractivity contribution in [2.45, 2.75) is 17.9 Å². The Hall–Kier alpha value is -1.86. The van der Waals surface area contributed by atoms with Gasteiger partial charge in [-0.3, -0.25) is 4.68 Å².